The van der Waals surface area contributed by atoms with E-state index in [1.165, 1.54) is 28.3 Å². The van der Waals surface area contributed by atoms with Gasteiger partial charge in [0.05, 0.1) is 12.2 Å². The molecule has 9 rings (SSSR count). The van der Waals surface area contributed by atoms with E-state index in [0.717, 1.165) is 31.2 Å². The Hall–Kier alpha value is -5.47. The van der Waals surface area contributed by atoms with E-state index in [-0.39, 0.29) is 36.4 Å². The number of aliphatic hydroxyl groups is 1. The second-order valence-corrected chi connectivity index (χ2v) is 16.2. The van der Waals surface area contributed by atoms with Crippen molar-refractivity contribution in [2.45, 2.75) is 95.4 Å². The van der Waals surface area contributed by atoms with E-state index in [2.05, 4.69) is 72.8 Å². The number of fused-ring (bicyclic) bond motifs is 11. The van der Waals surface area contributed by atoms with Crippen LogP contribution < -0.4 is 10.4 Å². The first kappa shape index (κ1) is 37.5. The summed E-state index contributed by atoms with van der Waals surface area (Å²) in [6, 6.07) is 34.4. The minimum absolute atomic E-state index is 0.0294. The van der Waals surface area contributed by atoms with Crippen LogP contribution in [0.4, 0.5) is 0 Å². The molecule has 0 radical (unpaired) electrons. The third kappa shape index (κ3) is 7.67. The van der Waals surface area contributed by atoms with Crippen LogP contribution in [-0.2, 0) is 31.9 Å². The lowest BCUT2D eigenvalue weighted by molar-refractivity contribution is -0.188. The molecule has 4 aliphatic rings. The Labute approximate surface area is 327 Å². The lowest BCUT2D eigenvalue weighted by atomic mass is 9.68. The van der Waals surface area contributed by atoms with Crippen LogP contribution in [0.15, 0.2) is 123 Å². The molecule has 1 aliphatic carbocycles. The lowest BCUT2D eigenvalue weighted by Gasteiger charge is -2.43. The third-order valence-electron chi connectivity index (χ3n) is 12.1. The molecule has 56 heavy (non-hydrogen) atoms. The SMILES string of the molecule is CC(CO)=C1CCc2ccc(cc2)[C@H]2CC[C@@H](c3cccc(Cc4ccccc4)c3)C[C@@H]2CC(=O)O[C@H]2c3c(ccc4ccc(=O)oc34)OC(C)(C)[C@H]2OC1=O. The van der Waals surface area contributed by atoms with Crippen LogP contribution in [0.2, 0.25) is 0 Å². The molecule has 4 aromatic carbocycles. The Kier molecular flexibility index (Phi) is 10.4. The summed E-state index contributed by atoms with van der Waals surface area (Å²) >= 11 is 0. The summed E-state index contributed by atoms with van der Waals surface area (Å²) in [5.74, 6) is -0.319. The molecule has 3 aliphatic heterocycles. The lowest BCUT2D eigenvalue weighted by Crippen LogP contribution is -2.52. The second-order valence-electron chi connectivity index (χ2n) is 16.2. The van der Waals surface area contributed by atoms with Gasteiger partial charge in [-0.3, -0.25) is 4.79 Å². The van der Waals surface area contributed by atoms with E-state index < -0.39 is 35.4 Å². The van der Waals surface area contributed by atoms with E-state index in [4.69, 9.17) is 18.6 Å². The maximum Gasteiger partial charge on any atom is 0.336 e. The topological polar surface area (TPSA) is 112 Å². The quantitative estimate of drug-likeness (QED) is 0.110. The van der Waals surface area contributed by atoms with Crippen molar-refractivity contribution in [3.05, 3.63) is 158 Å². The molecular weight excluding hydrogens is 705 g/mol. The van der Waals surface area contributed by atoms with Crippen molar-refractivity contribution in [1.29, 1.82) is 0 Å². The van der Waals surface area contributed by atoms with Crippen molar-refractivity contribution in [1.82, 2.24) is 0 Å². The Morgan fingerprint density at radius 1 is 0.804 bits per heavy atom. The molecule has 0 saturated heterocycles. The van der Waals surface area contributed by atoms with Gasteiger partial charge in [0, 0.05) is 23.4 Å². The van der Waals surface area contributed by atoms with E-state index in [1.54, 1.807) is 39.0 Å². The number of carbonyl (C=O) groups is 2. The summed E-state index contributed by atoms with van der Waals surface area (Å²) in [5, 5.41) is 10.8. The van der Waals surface area contributed by atoms with E-state index in [1.807, 2.05) is 6.07 Å². The minimum Gasteiger partial charge on any atom is -0.483 e. The van der Waals surface area contributed by atoms with Crippen LogP contribution in [0.5, 0.6) is 5.75 Å². The first-order chi connectivity index (χ1) is 27.1. The Morgan fingerprint density at radius 2 is 1.57 bits per heavy atom. The molecule has 5 atom stereocenters. The zero-order valence-corrected chi connectivity index (χ0v) is 32.2. The molecule has 8 heteroatoms. The molecule has 4 heterocycles. The molecule has 0 spiro atoms. The average Bonchev–Trinajstić information content (AvgIpc) is 3.19. The first-order valence-electron chi connectivity index (χ1n) is 19.7. The zero-order valence-electron chi connectivity index (χ0n) is 32.2. The van der Waals surface area contributed by atoms with E-state index in [9.17, 15) is 19.5 Å². The van der Waals surface area contributed by atoms with Crippen LogP contribution in [-0.4, -0.2) is 35.4 Å². The number of carbonyl (C=O) groups excluding carboxylic acids is 2. The summed E-state index contributed by atoms with van der Waals surface area (Å²) in [7, 11) is 0. The van der Waals surface area contributed by atoms with Gasteiger partial charge in [0.2, 0.25) is 0 Å². The maximum atomic E-state index is 14.5. The Morgan fingerprint density at radius 3 is 2.36 bits per heavy atom. The maximum absolute atomic E-state index is 14.5. The number of esters is 2. The van der Waals surface area contributed by atoms with Crippen LogP contribution in [0.1, 0.15) is 104 Å². The van der Waals surface area contributed by atoms with Crippen LogP contribution in [0, 0.1) is 5.92 Å². The fourth-order valence-corrected chi connectivity index (χ4v) is 9.07. The van der Waals surface area contributed by atoms with Gasteiger partial charge in [-0.15, -0.1) is 0 Å². The van der Waals surface area contributed by atoms with Crippen molar-refractivity contribution in [2.24, 2.45) is 5.92 Å². The van der Waals surface area contributed by atoms with Gasteiger partial charge in [0.1, 0.15) is 16.9 Å². The average molecular weight is 753 g/mol. The van der Waals surface area contributed by atoms with Gasteiger partial charge in [-0.2, -0.15) is 0 Å². The fourth-order valence-electron chi connectivity index (χ4n) is 9.07. The molecule has 1 N–H and O–H groups in total. The predicted octanol–water partition coefficient (Wildman–Crippen LogP) is 9.06. The standard InChI is InChI=1S/C48H48O8/c1-29(28-49)38-20-14-30-12-15-33(16-13-30)39-21-17-36(35-11-7-10-32(25-35)24-31-8-5-4-6-9-31)26-37(39)27-42(51)54-45-43-40(56-48(2,3)46(45)55-47(38)52)22-18-34-19-23-41(50)53-44(34)43/h4-13,15-16,18-19,22-23,25,36-37,39,45-46,49H,14,17,20-21,24,26-28H2,1-3H3/t36-,37-,39-,45+,46+/m1/s1. The van der Waals surface area contributed by atoms with E-state index >= 15 is 0 Å². The first-order valence-corrected chi connectivity index (χ1v) is 19.7. The Balaban J connectivity index is 1.18. The largest absolute Gasteiger partial charge is 0.483 e. The highest BCUT2D eigenvalue weighted by molar-refractivity contribution is 5.90. The fraction of sp³-hybridized carbons (Fsp3) is 0.354. The van der Waals surface area contributed by atoms with Gasteiger partial charge < -0.3 is 23.7 Å². The molecule has 0 unspecified atom stereocenters. The van der Waals surface area contributed by atoms with Gasteiger partial charge >= 0.3 is 17.6 Å². The van der Waals surface area contributed by atoms with Crippen LogP contribution >= 0.6 is 0 Å². The van der Waals surface area contributed by atoms with Gasteiger partial charge in [-0.1, -0.05) is 78.9 Å². The number of ether oxygens (including phenoxy) is 3. The van der Waals surface area contributed by atoms with Gasteiger partial charge in [-0.25, -0.2) is 9.59 Å². The number of hydrogen-bond acceptors (Lipinski definition) is 8. The number of aliphatic hydroxyl groups excluding tert-OH is 1. The van der Waals surface area contributed by atoms with Crippen LogP contribution in [0.3, 0.4) is 0 Å². The molecular formula is C48H48O8. The molecule has 1 fully saturated rings. The molecule has 8 nitrogen and oxygen atoms in total. The van der Waals surface area contributed by atoms with Crippen molar-refractivity contribution in [3.63, 3.8) is 0 Å². The molecule has 2 bridgehead atoms. The summed E-state index contributed by atoms with van der Waals surface area (Å²) < 4.78 is 25.1. The predicted molar refractivity (Wildman–Crippen MR) is 214 cm³/mol. The summed E-state index contributed by atoms with van der Waals surface area (Å²) in [6.07, 6.45) is 2.36. The third-order valence-corrected chi connectivity index (χ3v) is 12.1. The Bertz CT molecular complexity index is 2340. The zero-order chi connectivity index (χ0) is 39.0. The number of rotatable bonds is 4. The molecule has 1 saturated carbocycles. The van der Waals surface area contributed by atoms with Crippen molar-refractivity contribution in [2.75, 3.05) is 6.61 Å². The highest BCUT2D eigenvalue weighted by Gasteiger charge is 2.51. The molecule has 288 valence electrons. The van der Waals surface area contributed by atoms with Gasteiger partial charge in [0.25, 0.3) is 0 Å². The van der Waals surface area contributed by atoms with Crippen molar-refractivity contribution < 1.29 is 33.3 Å². The van der Waals surface area contributed by atoms with E-state index in [0.29, 0.717) is 40.7 Å². The normalized spacial score (nSPS) is 24.5. The monoisotopic (exact) mass is 752 g/mol. The summed E-state index contributed by atoms with van der Waals surface area (Å²) in [5.41, 5.74) is 5.74. The van der Waals surface area contributed by atoms with Gasteiger partial charge in [0.15, 0.2) is 12.2 Å². The summed E-state index contributed by atoms with van der Waals surface area (Å²) in [6.45, 7) is 4.97. The summed E-state index contributed by atoms with van der Waals surface area (Å²) in [4.78, 5) is 41.3. The highest BCUT2D eigenvalue weighted by atomic mass is 16.6. The molecule has 1 aromatic heterocycles. The second kappa shape index (κ2) is 15.6. The smallest absolute Gasteiger partial charge is 0.336 e. The number of benzene rings is 4. The van der Waals surface area contributed by atoms with Gasteiger partial charge in [-0.05, 0) is 129 Å². The number of hydrogen-bond donors (Lipinski definition) is 1. The van der Waals surface area contributed by atoms with Crippen LogP contribution in [0.25, 0.3) is 11.0 Å². The van der Waals surface area contributed by atoms with Crippen molar-refractivity contribution >= 4 is 22.9 Å². The minimum atomic E-state index is -1.15. The highest BCUT2D eigenvalue weighted by Crippen LogP contribution is 2.49. The molecule has 0 amide bonds. The molecule has 5 aromatic rings. The van der Waals surface area contributed by atoms with Crippen molar-refractivity contribution in [3.8, 4) is 5.75 Å². The number of aryl methyl sites for hydroxylation is 1.